The summed E-state index contributed by atoms with van der Waals surface area (Å²) in [7, 11) is 0. The molecule has 26 heavy (non-hydrogen) atoms. The van der Waals surface area contributed by atoms with Crippen LogP contribution in [-0.4, -0.2) is 60.0 Å². The van der Waals surface area contributed by atoms with E-state index in [0.717, 1.165) is 43.7 Å². The standard InChI is InChI=1S/C21H35NO4/c23-13-15-1-3-22(4-2-15)12-19(24)14-26-20(25)11-21-8-16-5-17(9-21)7-18(6-16)10-21/h15-19,23-24H,1-14H2. The third-order valence-electron chi connectivity index (χ3n) is 7.56. The van der Waals surface area contributed by atoms with Gasteiger partial charge in [-0.3, -0.25) is 4.79 Å². The summed E-state index contributed by atoms with van der Waals surface area (Å²) in [6.45, 7) is 2.75. The third kappa shape index (κ3) is 4.26. The molecule has 5 aliphatic rings. The van der Waals surface area contributed by atoms with Crippen molar-refractivity contribution >= 4 is 5.97 Å². The van der Waals surface area contributed by atoms with Crippen molar-refractivity contribution in [3.8, 4) is 0 Å². The van der Waals surface area contributed by atoms with Crippen LogP contribution in [0.3, 0.4) is 0 Å². The van der Waals surface area contributed by atoms with Crippen molar-refractivity contribution in [3.63, 3.8) is 0 Å². The van der Waals surface area contributed by atoms with E-state index in [1.807, 2.05) is 0 Å². The van der Waals surface area contributed by atoms with Gasteiger partial charge in [0.1, 0.15) is 12.7 Å². The molecule has 4 aliphatic carbocycles. The zero-order valence-corrected chi connectivity index (χ0v) is 15.9. The van der Waals surface area contributed by atoms with Crippen molar-refractivity contribution in [1.82, 2.24) is 4.90 Å². The van der Waals surface area contributed by atoms with Crippen molar-refractivity contribution in [2.24, 2.45) is 29.1 Å². The van der Waals surface area contributed by atoms with E-state index < -0.39 is 6.10 Å². The van der Waals surface area contributed by atoms with Crippen LogP contribution in [0.15, 0.2) is 0 Å². The molecule has 1 unspecified atom stereocenters. The zero-order valence-electron chi connectivity index (χ0n) is 15.9. The molecule has 0 amide bonds. The number of β-amino-alcohol motifs (C(OH)–C–C–N with tert-alkyl or cyclic N) is 1. The Labute approximate surface area is 157 Å². The van der Waals surface area contributed by atoms with Gasteiger partial charge in [0.2, 0.25) is 0 Å². The van der Waals surface area contributed by atoms with E-state index in [9.17, 15) is 15.0 Å². The lowest BCUT2D eigenvalue weighted by molar-refractivity contribution is -0.155. The molecule has 2 N–H and O–H groups in total. The van der Waals surface area contributed by atoms with Gasteiger partial charge in [0.25, 0.3) is 0 Å². The van der Waals surface area contributed by atoms with Gasteiger partial charge in [-0.15, -0.1) is 0 Å². The highest BCUT2D eigenvalue weighted by Gasteiger charge is 2.51. The van der Waals surface area contributed by atoms with E-state index in [0.29, 0.717) is 18.9 Å². The summed E-state index contributed by atoms with van der Waals surface area (Å²) in [5.41, 5.74) is 0.211. The first-order valence-electron chi connectivity index (χ1n) is 10.7. The Kier molecular flexibility index (Phi) is 5.58. The Morgan fingerprint density at radius 1 is 1.08 bits per heavy atom. The molecule has 4 saturated carbocycles. The number of hydrogen-bond acceptors (Lipinski definition) is 5. The molecule has 5 heteroatoms. The van der Waals surface area contributed by atoms with Gasteiger partial charge < -0.3 is 19.8 Å². The van der Waals surface area contributed by atoms with Crippen LogP contribution in [0.2, 0.25) is 0 Å². The van der Waals surface area contributed by atoms with Crippen molar-refractivity contribution < 1.29 is 19.7 Å². The average Bonchev–Trinajstić information content (AvgIpc) is 2.59. The molecule has 0 aromatic carbocycles. The largest absolute Gasteiger partial charge is 0.463 e. The summed E-state index contributed by atoms with van der Waals surface area (Å²) in [6, 6.07) is 0. The van der Waals surface area contributed by atoms with Crippen LogP contribution in [0.25, 0.3) is 0 Å². The minimum atomic E-state index is -0.610. The summed E-state index contributed by atoms with van der Waals surface area (Å²) < 4.78 is 5.47. The number of aliphatic hydroxyl groups excluding tert-OH is 2. The Morgan fingerprint density at radius 3 is 2.19 bits per heavy atom. The maximum Gasteiger partial charge on any atom is 0.306 e. The Hall–Kier alpha value is -0.650. The summed E-state index contributed by atoms with van der Waals surface area (Å²) in [5.74, 6) is 2.84. The van der Waals surface area contributed by atoms with E-state index in [2.05, 4.69) is 4.90 Å². The molecule has 0 radical (unpaired) electrons. The lowest BCUT2D eigenvalue weighted by atomic mass is 9.49. The fraction of sp³-hybridized carbons (Fsp3) is 0.952. The molecule has 5 rings (SSSR count). The molecule has 1 aliphatic heterocycles. The molecule has 4 bridgehead atoms. The lowest BCUT2D eigenvalue weighted by Crippen LogP contribution is -2.47. The Balaban J connectivity index is 1.18. The van der Waals surface area contributed by atoms with Crippen LogP contribution < -0.4 is 0 Å². The van der Waals surface area contributed by atoms with E-state index in [1.165, 1.54) is 38.5 Å². The number of hydrogen-bond donors (Lipinski definition) is 2. The van der Waals surface area contributed by atoms with Gasteiger partial charge in [0, 0.05) is 13.2 Å². The van der Waals surface area contributed by atoms with Crippen LogP contribution in [-0.2, 0) is 9.53 Å². The molecule has 1 saturated heterocycles. The first kappa shape index (κ1) is 18.7. The van der Waals surface area contributed by atoms with Crippen LogP contribution >= 0.6 is 0 Å². The van der Waals surface area contributed by atoms with E-state index in [-0.39, 0.29) is 24.6 Å². The number of ether oxygens (including phenoxy) is 1. The fourth-order valence-electron chi connectivity index (χ4n) is 6.76. The number of piperidine rings is 1. The number of nitrogens with zero attached hydrogens (tertiary/aromatic N) is 1. The van der Waals surface area contributed by atoms with Gasteiger partial charge in [-0.05, 0) is 93.5 Å². The third-order valence-corrected chi connectivity index (χ3v) is 7.56. The topological polar surface area (TPSA) is 70.0 Å². The second-order valence-corrected chi connectivity index (χ2v) is 9.86. The van der Waals surface area contributed by atoms with Crippen LogP contribution in [0, 0.1) is 29.1 Å². The number of carbonyl (C=O) groups excluding carboxylic acids is 1. The molecule has 5 fully saturated rings. The maximum atomic E-state index is 12.4. The van der Waals surface area contributed by atoms with E-state index in [1.54, 1.807) is 0 Å². The quantitative estimate of drug-likeness (QED) is 0.677. The highest BCUT2D eigenvalue weighted by atomic mass is 16.5. The fourth-order valence-corrected chi connectivity index (χ4v) is 6.76. The lowest BCUT2D eigenvalue weighted by Gasteiger charge is -2.56. The van der Waals surface area contributed by atoms with Gasteiger partial charge in [0.15, 0.2) is 0 Å². The molecule has 0 aromatic rings. The smallest absolute Gasteiger partial charge is 0.306 e. The first-order valence-corrected chi connectivity index (χ1v) is 10.7. The normalized spacial score (nSPS) is 38.5. The van der Waals surface area contributed by atoms with Crippen LogP contribution in [0.4, 0.5) is 0 Å². The average molecular weight is 366 g/mol. The SMILES string of the molecule is O=C(CC12CC3CC(CC(C3)C1)C2)OCC(O)CN1CCC(CO)CC1. The first-order chi connectivity index (χ1) is 12.5. The molecule has 148 valence electrons. The summed E-state index contributed by atoms with van der Waals surface area (Å²) in [6.07, 6.45) is 9.74. The number of carbonyl (C=O) groups is 1. The minimum absolute atomic E-state index is 0.106. The minimum Gasteiger partial charge on any atom is -0.463 e. The molecule has 0 aromatic heterocycles. The van der Waals surface area contributed by atoms with Crippen molar-refractivity contribution in [3.05, 3.63) is 0 Å². The Bertz CT molecular complexity index is 465. The van der Waals surface area contributed by atoms with E-state index in [4.69, 9.17) is 4.74 Å². The van der Waals surface area contributed by atoms with Gasteiger partial charge in [0.05, 0.1) is 6.42 Å². The summed E-state index contributed by atoms with van der Waals surface area (Å²) in [5, 5.41) is 19.4. The predicted molar refractivity (Wildman–Crippen MR) is 98.4 cm³/mol. The molecule has 1 heterocycles. The molecular weight excluding hydrogens is 330 g/mol. The number of esters is 1. The number of aliphatic hydroxyl groups is 2. The highest BCUT2D eigenvalue weighted by Crippen LogP contribution is 2.61. The second kappa shape index (κ2) is 7.76. The zero-order chi connectivity index (χ0) is 18.1. The summed E-state index contributed by atoms with van der Waals surface area (Å²) in [4.78, 5) is 14.6. The van der Waals surface area contributed by atoms with Crippen LogP contribution in [0.1, 0.15) is 57.8 Å². The van der Waals surface area contributed by atoms with Crippen molar-refractivity contribution in [1.29, 1.82) is 0 Å². The molecule has 5 nitrogen and oxygen atoms in total. The summed E-state index contributed by atoms with van der Waals surface area (Å²) >= 11 is 0. The molecule has 1 atom stereocenters. The van der Waals surface area contributed by atoms with Gasteiger partial charge in [-0.25, -0.2) is 0 Å². The molecule has 0 spiro atoms. The predicted octanol–water partition coefficient (Wildman–Crippen LogP) is 2.20. The number of rotatable bonds is 7. The Morgan fingerprint density at radius 2 is 1.65 bits per heavy atom. The second-order valence-electron chi connectivity index (χ2n) is 9.86. The van der Waals surface area contributed by atoms with Gasteiger partial charge >= 0.3 is 5.97 Å². The maximum absolute atomic E-state index is 12.4. The van der Waals surface area contributed by atoms with Crippen molar-refractivity contribution in [2.45, 2.75) is 63.9 Å². The molecular formula is C21H35NO4. The van der Waals surface area contributed by atoms with Crippen LogP contribution in [0.5, 0.6) is 0 Å². The van der Waals surface area contributed by atoms with E-state index >= 15 is 0 Å². The van der Waals surface area contributed by atoms with Gasteiger partial charge in [-0.1, -0.05) is 0 Å². The van der Waals surface area contributed by atoms with Gasteiger partial charge in [-0.2, -0.15) is 0 Å². The highest BCUT2D eigenvalue weighted by molar-refractivity contribution is 5.70. The van der Waals surface area contributed by atoms with Crippen molar-refractivity contribution in [2.75, 3.05) is 32.8 Å². The number of likely N-dealkylation sites (tertiary alicyclic amines) is 1. The monoisotopic (exact) mass is 365 g/mol.